The third-order valence-corrected chi connectivity index (χ3v) is 9.99. The van der Waals surface area contributed by atoms with Crippen LogP contribution in [0.5, 0.6) is 5.75 Å². The van der Waals surface area contributed by atoms with Gasteiger partial charge in [-0.05, 0) is 43.9 Å². The fourth-order valence-corrected chi connectivity index (χ4v) is 6.23. The zero-order valence-electron chi connectivity index (χ0n) is 29.6. The number of nitrogens with zero attached hydrogens (tertiary/aromatic N) is 1. The first-order valence-electron chi connectivity index (χ1n) is 16.2. The summed E-state index contributed by atoms with van der Waals surface area (Å²) in [6.07, 6.45) is 1.52. The van der Waals surface area contributed by atoms with Crippen LogP contribution in [0.3, 0.4) is 0 Å². The molecule has 3 N–H and O–H groups in total. The van der Waals surface area contributed by atoms with Crippen molar-refractivity contribution in [2.75, 3.05) is 31.9 Å². The van der Waals surface area contributed by atoms with Gasteiger partial charge in [-0.3, -0.25) is 28.8 Å². The van der Waals surface area contributed by atoms with Crippen molar-refractivity contribution < 1.29 is 47.7 Å². The van der Waals surface area contributed by atoms with Crippen LogP contribution in [0.4, 0.5) is 0 Å². The summed E-state index contributed by atoms with van der Waals surface area (Å²) >= 11 is 3.11. The number of amides is 3. The summed E-state index contributed by atoms with van der Waals surface area (Å²) in [5.74, 6) is -3.41. The van der Waals surface area contributed by atoms with Gasteiger partial charge in [0, 0.05) is 32.0 Å². The molecule has 0 bridgehead atoms. The molecule has 1 unspecified atom stereocenters. The van der Waals surface area contributed by atoms with E-state index in [9.17, 15) is 28.8 Å². The lowest BCUT2D eigenvalue weighted by Crippen LogP contribution is -2.60. The van der Waals surface area contributed by atoms with Crippen molar-refractivity contribution in [1.82, 2.24) is 20.9 Å². The van der Waals surface area contributed by atoms with E-state index in [-0.39, 0.29) is 36.9 Å². The van der Waals surface area contributed by atoms with Crippen LogP contribution in [-0.4, -0.2) is 96.0 Å². The third-order valence-electron chi connectivity index (χ3n) is 7.62. The Labute approximate surface area is 319 Å². The summed E-state index contributed by atoms with van der Waals surface area (Å²) < 4.78 is 21.5. The highest BCUT2D eigenvalue weighted by Crippen LogP contribution is 2.24. The smallest absolute Gasteiger partial charge is 0.308 e. The maximum atomic E-state index is 14.2. The number of halogens is 1. The minimum Gasteiger partial charge on any atom is -0.450 e. The quantitative estimate of drug-likeness (QED) is 0.0657. The lowest BCUT2D eigenvalue weighted by atomic mass is 9.91. The van der Waals surface area contributed by atoms with Gasteiger partial charge < -0.3 is 34.9 Å². The number of benzene rings is 2. The van der Waals surface area contributed by atoms with Crippen molar-refractivity contribution >= 4 is 69.4 Å². The first kappa shape index (κ1) is 42.2. The number of nitrogens with one attached hydrogen (secondary N) is 3. The van der Waals surface area contributed by atoms with Gasteiger partial charge in [-0.25, -0.2) is 4.98 Å². The number of ketones is 1. The van der Waals surface area contributed by atoms with Gasteiger partial charge in [0.05, 0.1) is 30.5 Å². The minimum atomic E-state index is -1.65. The molecular weight excluding hydrogens is 807 g/mol. The van der Waals surface area contributed by atoms with Gasteiger partial charge in [0.25, 0.3) is 5.91 Å². The number of Topliss-reactive ketones (excluding diaryl/α,β-unsaturated/α-hetero) is 1. The van der Waals surface area contributed by atoms with E-state index >= 15 is 0 Å². The molecule has 0 aliphatic carbocycles. The number of rotatable bonds is 20. The molecule has 3 aromatic rings. The van der Waals surface area contributed by atoms with Crippen LogP contribution in [0.2, 0.25) is 0 Å². The maximum Gasteiger partial charge on any atom is 0.308 e. The minimum absolute atomic E-state index is 0.0508. The van der Waals surface area contributed by atoms with Crippen LogP contribution in [0, 0.1) is 6.92 Å². The van der Waals surface area contributed by atoms with E-state index < -0.39 is 59.2 Å². The molecule has 0 radical (unpaired) electrons. The van der Waals surface area contributed by atoms with Crippen LogP contribution in [-0.2, 0) is 51.0 Å². The molecule has 3 amide bonds. The fraction of sp³-hybridized carbons (Fsp3) is 0.417. The summed E-state index contributed by atoms with van der Waals surface area (Å²) in [6.45, 7) is 4.04. The lowest BCUT2D eigenvalue weighted by Gasteiger charge is -2.31. The Bertz CT molecular complexity index is 1700. The van der Waals surface area contributed by atoms with Gasteiger partial charge in [0.1, 0.15) is 22.7 Å². The molecule has 52 heavy (non-hydrogen) atoms. The molecule has 0 fully saturated rings. The van der Waals surface area contributed by atoms with Crippen LogP contribution >= 0.6 is 33.9 Å². The molecule has 1 aromatic heterocycles. The average Bonchev–Trinajstić information content (AvgIpc) is 3.56. The molecule has 0 aliphatic rings. The van der Waals surface area contributed by atoms with Gasteiger partial charge in [-0.15, -0.1) is 11.3 Å². The maximum absolute atomic E-state index is 14.2. The first-order chi connectivity index (χ1) is 24.8. The van der Waals surface area contributed by atoms with E-state index in [1.807, 2.05) is 28.7 Å². The van der Waals surface area contributed by atoms with Crippen molar-refractivity contribution in [3.05, 3.63) is 81.8 Å². The molecule has 0 aliphatic heterocycles. The molecular formula is C36H43IN4O10S. The summed E-state index contributed by atoms with van der Waals surface area (Å²) in [5, 5.41) is 8.61. The van der Waals surface area contributed by atoms with Crippen LogP contribution < -0.4 is 20.7 Å². The normalized spacial score (nSPS) is 13.8. The number of thiazole rings is 1. The van der Waals surface area contributed by atoms with E-state index in [1.54, 1.807) is 55.5 Å². The number of para-hydroxylation sites is 1. The number of carbonyl (C=O) groups is 6. The molecule has 4 atom stereocenters. The van der Waals surface area contributed by atoms with Crippen molar-refractivity contribution in [3.63, 3.8) is 0 Å². The molecule has 0 spiro atoms. The van der Waals surface area contributed by atoms with E-state index in [0.717, 1.165) is 16.9 Å². The monoisotopic (exact) mass is 850 g/mol. The predicted molar refractivity (Wildman–Crippen MR) is 200 cm³/mol. The molecule has 0 saturated carbocycles. The highest BCUT2D eigenvalue weighted by molar-refractivity contribution is 14.1. The van der Waals surface area contributed by atoms with E-state index in [1.165, 1.54) is 34.3 Å². The Morgan fingerprint density at radius 2 is 1.46 bits per heavy atom. The number of hydrogen-bond acceptors (Lipinski definition) is 12. The number of alkyl halides is 1. The van der Waals surface area contributed by atoms with Crippen molar-refractivity contribution in [2.24, 2.45) is 0 Å². The first-order valence-corrected chi connectivity index (χ1v) is 18.6. The van der Waals surface area contributed by atoms with Gasteiger partial charge in [-0.2, -0.15) is 0 Å². The zero-order valence-corrected chi connectivity index (χ0v) is 32.5. The Morgan fingerprint density at radius 1 is 0.865 bits per heavy atom. The van der Waals surface area contributed by atoms with Crippen molar-refractivity contribution in [3.8, 4) is 5.75 Å². The topological polar surface area (TPSA) is 188 Å². The number of ether oxygens (including phenoxy) is 4. The van der Waals surface area contributed by atoms with Gasteiger partial charge in [0.2, 0.25) is 11.8 Å². The average molecular weight is 851 g/mol. The zero-order chi connectivity index (χ0) is 38.3. The van der Waals surface area contributed by atoms with E-state index in [4.69, 9.17) is 18.9 Å². The molecule has 1 heterocycles. The Hall–Kier alpha value is -4.26. The lowest BCUT2D eigenvalue weighted by molar-refractivity contribution is -0.164. The number of aryl methyl sites for hydroxylation is 2. The number of aromatic nitrogens is 1. The number of esters is 2. The summed E-state index contributed by atoms with van der Waals surface area (Å²) in [4.78, 5) is 83.2. The Kier molecular flexibility index (Phi) is 16.8. The van der Waals surface area contributed by atoms with Gasteiger partial charge in [0.15, 0.2) is 11.4 Å². The molecule has 14 nitrogen and oxygen atoms in total. The Morgan fingerprint density at radius 3 is 2.04 bits per heavy atom. The summed E-state index contributed by atoms with van der Waals surface area (Å²) in [5.41, 5.74) is -0.315. The van der Waals surface area contributed by atoms with Crippen molar-refractivity contribution in [2.45, 2.75) is 63.8 Å². The largest absolute Gasteiger partial charge is 0.450 e. The molecule has 280 valence electrons. The van der Waals surface area contributed by atoms with E-state index in [0.29, 0.717) is 21.2 Å². The SMILES string of the molecule is COC[C@H](NC(=O)c1cnc(C)s1)C(=O)N[C@@H](COC)C(=O)N[C@@H](Cc1ccccc1)C(=O)C(C)(CI)OC(=O)CCc1ccccc1OC(C)=O. The molecule has 3 rings (SSSR count). The second-order valence-corrected chi connectivity index (χ2v) is 13.9. The van der Waals surface area contributed by atoms with Crippen LogP contribution in [0.25, 0.3) is 0 Å². The number of methoxy groups -OCH3 is 2. The highest BCUT2D eigenvalue weighted by Gasteiger charge is 2.42. The second kappa shape index (κ2) is 20.7. The fourth-order valence-electron chi connectivity index (χ4n) is 5.01. The molecule has 16 heteroatoms. The second-order valence-electron chi connectivity index (χ2n) is 11.9. The van der Waals surface area contributed by atoms with Crippen molar-refractivity contribution in [1.29, 1.82) is 0 Å². The summed E-state index contributed by atoms with van der Waals surface area (Å²) in [6, 6.07) is 12.1. The highest BCUT2D eigenvalue weighted by atomic mass is 127. The van der Waals surface area contributed by atoms with Crippen LogP contribution in [0.1, 0.15) is 46.1 Å². The summed E-state index contributed by atoms with van der Waals surface area (Å²) in [7, 11) is 2.71. The molecule has 0 saturated heterocycles. The van der Waals surface area contributed by atoms with Gasteiger partial charge in [-0.1, -0.05) is 71.1 Å². The number of hydrogen-bond donors (Lipinski definition) is 3. The van der Waals surface area contributed by atoms with Gasteiger partial charge >= 0.3 is 11.9 Å². The standard InChI is InChI=1S/C36H43IN4O10S/c1-22-38-18-30(52-22)35(47)41-28(20-49-5)34(46)40-27(19-48-4)33(45)39-26(17-24-11-7-6-8-12-24)32(44)36(3,21-37)51-31(43)16-15-25-13-9-10-14-29(25)50-23(2)42/h6-14,18,26-28H,15-17,19-21H2,1-5H3,(H,39,45)(H,40,46)(H,41,47)/t26-,27-,28-,36?/m0/s1. The molecule has 2 aromatic carbocycles. The predicted octanol–water partition coefficient (Wildman–Crippen LogP) is 2.92. The van der Waals surface area contributed by atoms with Crippen LogP contribution in [0.15, 0.2) is 60.8 Å². The third kappa shape index (κ3) is 12.8. The van der Waals surface area contributed by atoms with E-state index in [2.05, 4.69) is 20.9 Å². The number of carbonyl (C=O) groups excluding carboxylic acids is 6. The Balaban J connectivity index is 1.78.